The first kappa shape index (κ1) is 16.7. The average molecular weight is 363 g/mol. The quantitative estimate of drug-likeness (QED) is 0.599. The lowest BCUT2D eigenvalue weighted by atomic mass is 10.1. The largest absolute Gasteiger partial charge is 0.258 e. The van der Waals surface area contributed by atoms with Crippen molar-refractivity contribution in [3.05, 3.63) is 63.1 Å². The standard InChI is InChI=1S/C17H15F2N3S2/c1-3-20-17-22(14(10-24-17)15-8-5-9-23-15)21-11(2)16-12(18)6-4-7-13(16)19/h4-10H,3H2,1-2H3. The van der Waals surface area contributed by atoms with Gasteiger partial charge in [0, 0.05) is 11.9 Å². The minimum atomic E-state index is -0.626. The van der Waals surface area contributed by atoms with Gasteiger partial charge in [0.2, 0.25) is 4.80 Å². The fraction of sp³-hybridized carbons (Fsp3) is 0.176. The molecule has 0 spiro atoms. The van der Waals surface area contributed by atoms with Crippen molar-refractivity contribution in [1.29, 1.82) is 0 Å². The van der Waals surface area contributed by atoms with Crippen molar-refractivity contribution in [2.45, 2.75) is 13.8 Å². The van der Waals surface area contributed by atoms with Crippen LogP contribution in [0.2, 0.25) is 0 Å². The second-order valence-electron chi connectivity index (χ2n) is 4.95. The molecule has 124 valence electrons. The van der Waals surface area contributed by atoms with Crippen LogP contribution in [-0.2, 0) is 0 Å². The van der Waals surface area contributed by atoms with Crippen LogP contribution >= 0.6 is 22.7 Å². The minimum absolute atomic E-state index is 0.115. The lowest BCUT2D eigenvalue weighted by Gasteiger charge is -2.06. The number of nitrogens with zero attached hydrogens (tertiary/aromatic N) is 3. The highest BCUT2D eigenvalue weighted by Crippen LogP contribution is 2.25. The second kappa shape index (κ2) is 7.19. The number of rotatable bonds is 4. The van der Waals surface area contributed by atoms with E-state index in [-0.39, 0.29) is 11.3 Å². The van der Waals surface area contributed by atoms with Crippen molar-refractivity contribution in [1.82, 2.24) is 4.68 Å². The third-order valence-electron chi connectivity index (χ3n) is 3.33. The maximum absolute atomic E-state index is 14.0. The predicted molar refractivity (Wildman–Crippen MR) is 95.7 cm³/mol. The van der Waals surface area contributed by atoms with Crippen LogP contribution in [0.15, 0.2) is 51.2 Å². The molecule has 0 fully saturated rings. The van der Waals surface area contributed by atoms with E-state index in [0.717, 1.165) is 10.6 Å². The SMILES string of the molecule is CCN=c1scc(-c2cccs2)n1N=C(C)c1c(F)cccc1F. The summed E-state index contributed by atoms with van der Waals surface area (Å²) in [4.78, 5) is 6.13. The number of thiazole rings is 1. The van der Waals surface area contributed by atoms with Gasteiger partial charge >= 0.3 is 0 Å². The third-order valence-corrected chi connectivity index (χ3v) is 5.07. The van der Waals surface area contributed by atoms with Crippen molar-refractivity contribution >= 4 is 28.4 Å². The number of halogens is 2. The summed E-state index contributed by atoms with van der Waals surface area (Å²) in [6.45, 7) is 4.13. The normalized spacial score (nSPS) is 12.8. The maximum Gasteiger partial charge on any atom is 0.206 e. The van der Waals surface area contributed by atoms with E-state index in [1.165, 1.54) is 29.5 Å². The van der Waals surface area contributed by atoms with E-state index in [2.05, 4.69) is 10.1 Å². The summed E-state index contributed by atoms with van der Waals surface area (Å²) in [7, 11) is 0. The lowest BCUT2D eigenvalue weighted by molar-refractivity contribution is 0.578. The van der Waals surface area contributed by atoms with Crippen molar-refractivity contribution in [2.75, 3.05) is 6.54 Å². The van der Waals surface area contributed by atoms with Crippen molar-refractivity contribution < 1.29 is 8.78 Å². The molecule has 24 heavy (non-hydrogen) atoms. The molecule has 0 N–H and O–H groups in total. The van der Waals surface area contributed by atoms with Crippen molar-refractivity contribution in [3.8, 4) is 10.6 Å². The third kappa shape index (κ3) is 3.22. The Morgan fingerprint density at radius 1 is 1.12 bits per heavy atom. The summed E-state index contributed by atoms with van der Waals surface area (Å²) in [5.74, 6) is -1.25. The van der Waals surface area contributed by atoms with Gasteiger partial charge in [-0.2, -0.15) is 5.10 Å². The van der Waals surface area contributed by atoms with Crippen LogP contribution in [0.3, 0.4) is 0 Å². The van der Waals surface area contributed by atoms with E-state index < -0.39 is 11.6 Å². The molecule has 7 heteroatoms. The number of thiophene rings is 1. The van der Waals surface area contributed by atoms with E-state index in [0.29, 0.717) is 11.3 Å². The highest BCUT2D eigenvalue weighted by atomic mass is 32.1. The Morgan fingerprint density at radius 2 is 1.88 bits per heavy atom. The van der Waals surface area contributed by atoms with Crippen LogP contribution in [0.5, 0.6) is 0 Å². The molecule has 3 aromatic rings. The van der Waals surface area contributed by atoms with E-state index in [1.807, 2.05) is 29.8 Å². The molecule has 0 aliphatic carbocycles. The first-order valence-corrected chi connectivity index (χ1v) is 9.12. The Hall–Kier alpha value is -2.12. The molecule has 0 saturated heterocycles. The molecular weight excluding hydrogens is 348 g/mol. The predicted octanol–water partition coefficient (Wildman–Crippen LogP) is 4.75. The van der Waals surface area contributed by atoms with Crippen LogP contribution in [0, 0.1) is 11.6 Å². The van der Waals surface area contributed by atoms with Gasteiger partial charge in [-0.25, -0.2) is 13.5 Å². The molecule has 0 saturated carbocycles. The molecule has 0 bridgehead atoms. The number of hydrogen-bond acceptors (Lipinski definition) is 4. The number of hydrogen-bond donors (Lipinski definition) is 0. The summed E-state index contributed by atoms with van der Waals surface area (Å²) < 4.78 is 29.7. The van der Waals surface area contributed by atoms with Crippen LogP contribution in [0.4, 0.5) is 8.78 Å². The van der Waals surface area contributed by atoms with E-state index in [9.17, 15) is 8.78 Å². The molecule has 1 aromatic carbocycles. The van der Waals surface area contributed by atoms with E-state index >= 15 is 0 Å². The Balaban J connectivity index is 2.18. The summed E-state index contributed by atoms with van der Waals surface area (Å²) >= 11 is 3.03. The average Bonchev–Trinajstić information content (AvgIpc) is 3.18. The molecule has 0 amide bonds. The first-order valence-electron chi connectivity index (χ1n) is 7.36. The molecular formula is C17H15F2N3S2. The van der Waals surface area contributed by atoms with Gasteiger partial charge in [-0.1, -0.05) is 12.1 Å². The van der Waals surface area contributed by atoms with Crippen LogP contribution in [-0.4, -0.2) is 16.9 Å². The Morgan fingerprint density at radius 3 is 2.50 bits per heavy atom. The van der Waals surface area contributed by atoms with Gasteiger partial charge in [0.05, 0.1) is 21.8 Å². The smallest absolute Gasteiger partial charge is 0.206 e. The van der Waals surface area contributed by atoms with E-state index in [4.69, 9.17) is 0 Å². The van der Waals surface area contributed by atoms with Crippen LogP contribution in [0.1, 0.15) is 19.4 Å². The molecule has 0 radical (unpaired) electrons. The summed E-state index contributed by atoms with van der Waals surface area (Å²) in [6.07, 6.45) is 0. The topological polar surface area (TPSA) is 29.6 Å². The van der Waals surface area contributed by atoms with Gasteiger partial charge in [0.15, 0.2) is 0 Å². The zero-order valence-electron chi connectivity index (χ0n) is 13.2. The number of benzene rings is 1. The van der Waals surface area contributed by atoms with Crippen molar-refractivity contribution in [2.24, 2.45) is 10.1 Å². The van der Waals surface area contributed by atoms with E-state index in [1.54, 1.807) is 22.9 Å². The van der Waals surface area contributed by atoms with Gasteiger partial charge in [0.1, 0.15) is 11.6 Å². The summed E-state index contributed by atoms with van der Waals surface area (Å²) in [6, 6.07) is 7.73. The lowest BCUT2D eigenvalue weighted by Crippen LogP contribution is -2.15. The zero-order chi connectivity index (χ0) is 17.1. The second-order valence-corrected chi connectivity index (χ2v) is 6.73. The van der Waals surface area contributed by atoms with Gasteiger partial charge < -0.3 is 0 Å². The van der Waals surface area contributed by atoms with Gasteiger partial charge in [-0.15, -0.1) is 22.7 Å². The Kier molecular flexibility index (Phi) is 5.01. The summed E-state index contributed by atoms with van der Waals surface area (Å²) in [5, 5.41) is 8.39. The maximum atomic E-state index is 14.0. The monoisotopic (exact) mass is 363 g/mol. The molecule has 0 unspecified atom stereocenters. The minimum Gasteiger partial charge on any atom is -0.258 e. The zero-order valence-corrected chi connectivity index (χ0v) is 14.8. The van der Waals surface area contributed by atoms with Gasteiger partial charge in [-0.3, -0.25) is 4.99 Å². The molecule has 3 nitrogen and oxygen atoms in total. The number of aromatic nitrogens is 1. The Labute approximate surface area is 146 Å². The van der Waals surface area contributed by atoms with Crippen LogP contribution in [0.25, 0.3) is 10.6 Å². The highest BCUT2D eigenvalue weighted by Gasteiger charge is 2.14. The molecule has 0 aliphatic heterocycles. The van der Waals surface area contributed by atoms with Crippen LogP contribution < -0.4 is 4.80 Å². The molecule has 2 heterocycles. The fourth-order valence-corrected chi connectivity index (χ4v) is 3.97. The molecule has 0 aliphatic rings. The van der Waals surface area contributed by atoms with Crippen molar-refractivity contribution in [3.63, 3.8) is 0 Å². The first-order chi connectivity index (χ1) is 11.6. The molecule has 0 atom stereocenters. The fourth-order valence-electron chi connectivity index (χ4n) is 2.28. The summed E-state index contributed by atoms with van der Waals surface area (Å²) in [5.41, 5.74) is 1.01. The Bertz CT molecular complexity index is 917. The molecule has 3 rings (SSSR count). The highest BCUT2D eigenvalue weighted by molar-refractivity contribution is 7.14. The van der Waals surface area contributed by atoms with Gasteiger partial charge in [0.25, 0.3) is 0 Å². The molecule has 2 aromatic heterocycles. The van der Waals surface area contributed by atoms with Gasteiger partial charge in [-0.05, 0) is 37.4 Å².